The molecule has 0 saturated carbocycles. The van der Waals surface area contributed by atoms with Gasteiger partial charge in [0.25, 0.3) is 5.56 Å². The molecule has 0 unspecified atom stereocenters. The first-order valence-corrected chi connectivity index (χ1v) is 14.6. The Morgan fingerprint density at radius 3 is 2.30 bits per heavy atom. The Kier molecular flexibility index (Phi) is 7.08. The lowest BCUT2D eigenvalue weighted by Crippen LogP contribution is -2.20. The summed E-state index contributed by atoms with van der Waals surface area (Å²) in [6.45, 7) is 4.62. The van der Waals surface area contributed by atoms with Crippen molar-refractivity contribution in [2.75, 3.05) is 0 Å². The molecule has 7 aromatic rings. The maximum atomic E-state index is 13.6. The van der Waals surface area contributed by atoms with Crippen LogP contribution in [0.3, 0.4) is 0 Å². The van der Waals surface area contributed by atoms with E-state index in [1.54, 1.807) is 12.3 Å². The van der Waals surface area contributed by atoms with Gasteiger partial charge in [0, 0.05) is 28.2 Å². The molecule has 214 valence electrons. The van der Waals surface area contributed by atoms with Gasteiger partial charge in [-0.25, -0.2) is 4.98 Å². The van der Waals surface area contributed by atoms with E-state index in [1.807, 2.05) is 60.7 Å². The number of hydrogen-bond acceptors (Lipinski definition) is 4. The van der Waals surface area contributed by atoms with E-state index in [4.69, 9.17) is 9.72 Å². The Labute approximate surface area is 255 Å². The van der Waals surface area contributed by atoms with Gasteiger partial charge in [0.2, 0.25) is 0 Å². The smallest absolute Gasteiger partial charge is 0.282 e. The largest absolute Gasteiger partial charge is 0.489 e. The minimum absolute atomic E-state index is 0.210. The molecule has 6 nitrogen and oxygen atoms in total. The lowest BCUT2D eigenvalue weighted by molar-refractivity contribution is 0.307. The molecular formula is C38H30N4O2. The molecule has 2 heterocycles. The molecule has 7 rings (SSSR count). The van der Waals surface area contributed by atoms with E-state index in [1.165, 1.54) is 15.4 Å². The van der Waals surface area contributed by atoms with E-state index in [9.17, 15) is 4.79 Å². The first kappa shape index (κ1) is 27.1. The van der Waals surface area contributed by atoms with Crippen LogP contribution in [0.5, 0.6) is 5.75 Å². The highest BCUT2D eigenvalue weighted by Crippen LogP contribution is 2.25. The molecule has 44 heavy (non-hydrogen) atoms. The summed E-state index contributed by atoms with van der Waals surface area (Å²) in [7, 11) is 0. The summed E-state index contributed by atoms with van der Waals surface area (Å²) in [5, 5.41) is 7.62. The van der Waals surface area contributed by atoms with Crippen LogP contribution in [0.1, 0.15) is 22.5 Å². The number of nitrogens with zero attached hydrogens (tertiary/aromatic N) is 4. The minimum Gasteiger partial charge on any atom is -0.489 e. The van der Waals surface area contributed by atoms with Crippen LogP contribution < -0.4 is 10.3 Å². The summed E-state index contributed by atoms with van der Waals surface area (Å²) < 4.78 is 9.74. The minimum atomic E-state index is -0.210. The fourth-order valence-electron chi connectivity index (χ4n) is 5.71. The number of fused-ring (bicyclic) bond motifs is 2. The second-order valence-electron chi connectivity index (χ2n) is 10.8. The zero-order valence-electron chi connectivity index (χ0n) is 24.5. The average molecular weight is 575 g/mol. The van der Waals surface area contributed by atoms with E-state index in [-0.39, 0.29) is 5.56 Å². The van der Waals surface area contributed by atoms with Crippen LogP contribution in [0.4, 0.5) is 0 Å². The van der Waals surface area contributed by atoms with Crippen molar-refractivity contribution in [1.29, 1.82) is 0 Å². The highest BCUT2D eigenvalue weighted by molar-refractivity contribution is 5.86. The summed E-state index contributed by atoms with van der Waals surface area (Å²) in [5.74, 6) is 1.31. The van der Waals surface area contributed by atoms with Gasteiger partial charge in [-0.2, -0.15) is 9.78 Å². The van der Waals surface area contributed by atoms with Crippen molar-refractivity contribution < 1.29 is 4.74 Å². The lowest BCUT2D eigenvalue weighted by Gasteiger charge is -2.12. The molecule has 2 aromatic heterocycles. The van der Waals surface area contributed by atoms with Gasteiger partial charge in [-0.15, -0.1) is 0 Å². The Bertz CT molecular complexity index is 2210. The highest BCUT2D eigenvalue weighted by Gasteiger charge is 2.14. The molecule has 0 aliphatic heterocycles. The normalized spacial score (nSPS) is 11.5. The molecule has 0 amide bonds. The molecule has 0 spiro atoms. The second-order valence-corrected chi connectivity index (χ2v) is 10.8. The Balaban J connectivity index is 1.17. The zero-order chi connectivity index (χ0) is 30.0. The molecule has 0 aliphatic rings. The van der Waals surface area contributed by atoms with Crippen LogP contribution in [0.25, 0.3) is 38.8 Å². The van der Waals surface area contributed by atoms with Gasteiger partial charge in [-0.05, 0) is 72.6 Å². The summed E-state index contributed by atoms with van der Waals surface area (Å²) in [6.07, 6.45) is 1.74. The highest BCUT2D eigenvalue weighted by atomic mass is 16.5. The summed E-state index contributed by atoms with van der Waals surface area (Å²) in [6, 6.07) is 41.9. The number of aryl methyl sites for hydroxylation is 1. The number of hydrogen-bond donors (Lipinski definition) is 0. The molecule has 0 bridgehead atoms. The Morgan fingerprint density at radius 2 is 1.48 bits per heavy atom. The van der Waals surface area contributed by atoms with Crippen LogP contribution in [0.2, 0.25) is 0 Å². The Morgan fingerprint density at radius 1 is 0.773 bits per heavy atom. The summed E-state index contributed by atoms with van der Waals surface area (Å²) in [4.78, 5) is 18.4. The van der Waals surface area contributed by atoms with Crippen molar-refractivity contribution in [3.05, 3.63) is 160 Å². The van der Waals surface area contributed by atoms with Crippen LogP contribution in [0.15, 0.2) is 137 Å². The van der Waals surface area contributed by atoms with Crippen molar-refractivity contribution in [3.63, 3.8) is 0 Å². The van der Waals surface area contributed by atoms with E-state index >= 15 is 0 Å². The predicted octanol–water partition coefficient (Wildman–Crippen LogP) is 8.09. The van der Waals surface area contributed by atoms with E-state index < -0.39 is 0 Å². The van der Waals surface area contributed by atoms with Crippen molar-refractivity contribution in [2.45, 2.75) is 20.5 Å². The summed E-state index contributed by atoms with van der Waals surface area (Å²) in [5.41, 5.74) is 6.41. The van der Waals surface area contributed by atoms with Crippen molar-refractivity contribution in [3.8, 4) is 22.8 Å². The molecule has 0 atom stereocenters. The molecule has 0 radical (unpaired) electrons. The quantitative estimate of drug-likeness (QED) is 0.181. The number of ether oxygens (including phenoxy) is 1. The van der Waals surface area contributed by atoms with Crippen molar-refractivity contribution >= 4 is 27.9 Å². The maximum absolute atomic E-state index is 13.6. The summed E-state index contributed by atoms with van der Waals surface area (Å²) >= 11 is 0. The fourth-order valence-corrected chi connectivity index (χ4v) is 5.71. The molecule has 0 N–H and O–H groups in total. The van der Waals surface area contributed by atoms with E-state index in [2.05, 4.69) is 84.2 Å². The molecule has 5 aromatic carbocycles. The van der Waals surface area contributed by atoms with Gasteiger partial charge in [0.15, 0.2) is 5.82 Å². The van der Waals surface area contributed by atoms with Crippen LogP contribution in [-0.4, -0.2) is 20.4 Å². The van der Waals surface area contributed by atoms with Crippen LogP contribution in [-0.2, 0) is 6.61 Å². The molecule has 0 aliphatic carbocycles. The topological polar surface area (TPSA) is 61.4 Å². The Hall–Kier alpha value is -5.75. The number of aromatic nitrogens is 3. The monoisotopic (exact) mass is 574 g/mol. The number of benzene rings is 5. The van der Waals surface area contributed by atoms with Crippen LogP contribution in [0, 0.1) is 13.8 Å². The van der Waals surface area contributed by atoms with Crippen molar-refractivity contribution in [1.82, 2.24) is 14.2 Å². The van der Waals surface area contributed by atoms with Gasteiger partial charge in [-0.3, -0.25) is 4.79 Å². The average Bonchev–Trinajstić information content (AvgIpc) is 3.35. The van der Waals surface area contributed by atoms with Gasteiger partial charge >= 0.3 is 0 Å². The third-order valence-corrected chi connectivity index (χ3v) is 7.94. The zero-order valence-corrected chi connectivity index (χ0v) is 24.5. The maximum Gasteiger partial charge on any atom is 0.282 e. The molecule has 0 fully saturated rings. The SMILES string of the molecule is Cc1cc(C=Nn2c(-c3ccccc3)nc3ccccc3c2=O)c(C)n1-c1ccc(OCc2cccc3ccccc23)cc1. The second kappa shape index (κ2) is 11.5. The molecule has 6 heteroatoms. The van der Waals surface area contributed by atoms with Gasteiger partial charge in [-0.1, -0.05) is 84.9 Å². The van der Waals surface area contributed by atoms with E-state index in [0.717, 1.165) is 39.5 Å². The first-order chi connectivity index (χ1) is 21.6. The fraction of sp³-hybridized carbons (Fsp3) is 0.0789. The van der Waals surface area contributed by atoms with Gasteiger partial charge in [0.05, 0.1) is 17.1 Å². The number of rotatable bonds is 7. The molecular weight excluding hydrogens is 544 g/mol. The van der Waals surface area contributed by atoms with Gasteiger partial charge < -0.3 is 9.30 Å². The molecule has 0 saturated heterocycles. The van der Waals surface area contributed by atoms with Crippen molar-refractivity contribution in [2.24, 2.45) is 5.10 Å². The third-order valence-electron chi connectivity index (χ3n) is 7.94. The lowest BCUT2D eigenvalue weighted by atomic mass is 10.1. The standard InChI is InChI=1S/C38H30N4O2/c1-26-23-31(24-39-42-37(29-12-4-3-5-13-29)40-36-18-9-8-17-35(36)38(42)43)27(2)41(26)32-19-21-33(22-20-32)44-25-30-15-10-14-28-11-6-7-16-34(28)30/h3-24H,25H2,1-2H3. The van der Waals surface area contributed by atoms with Gasteiger partial charge in [0.1, 0.15) is 12.4 Å². The predicted molar refractivity (Wildman–Crippen MR) is 178 cm³/mol. The third kappa shape index (κ3) is 5.07. The first-order valence-electron chi connectivity index (χ1n) is 14.6. The van der Waals surface area contributed by atoms with E-state index in [0.29, 0.717) is 23.3 Å². The van der Waals surface area contributed by atoms with Crippen LogP contribution >= 0.6 is 0 Å². The number of para-hydroxylation sites is 1.